The highest BCUT2D eigenvalue weighted by atomic mass is 16.5. The van der Waals surface area contributed by atoms with Gasteiger partial charge in [0, 0.05) is 29.1 Å². The summed E-state index contributed by atoms with van der Waals surface area (Å²) in [6.07, 6.45) is 0.673. The third-order valence-electron chi connectivity index (χ3n) is 5.76. The first-order valence-electron chi connectivity index (χ1n) is 12.4. The van der Waals surface area contributed by atoms with Crippen molar-refractivity contribution in [1.29, 1.82) is 0 Å². The molecule has 1 heterocycles. The van der Waals surface area contributed by atoms with Crippen LogP contribution in [-0.2, 0) is 17.9 Å². The lowest BCUT2D eigenvalue weighted by atomic mass is 10.0. The topological polar surface area (TPSA) is 101 Å². The fraction of sp³-hybridized carbons (Fsp3) is 0.593. The summed E-state index contributed by atoms with van der Waals surface area (Å²) in [4.78, 5) is 39.5. The molecule has 0 radical (unpaired) electrons. The van der Waals surface area contributed by atoms with E-state index < -0.39 is 11.6 Å². The fourth-order valence-electron chi connectivity index (χ4n) is 3.77. The number of nitrogens with zero attached hydrogens (tertiary/aromatic N) is 2. The Balaban J connectivity index is 2.86. The number of carbonyl (C=O) groups is 2. The number of benzene rings is 1. The summed E-state index contributed by atoms with van der Waals surface area (Å²) < 4.78 is 7.93. The number of anilines is 1. The van der Waals surface area contributed by atoms with Gasteiger partial charge in [-0.1, -0.05) is 41.0 Å². The molecule has 0 spiro atoms. The van der Waals surface area contributed by atoms with Crippen LogP contribution in [-0.4, -0.2) is 38.7 Å². The maximum Gasteiger partial charge on any atom is 0.408 e. The number of ether oxygens (including phenoxy) is 1. The molecule has 2 amide bonds. The third kappa shape index (κ3) is 6.99. The van der Waals surface area contributed by atoms with Crippen LogP contribution in [0.15, 0.2) is 23.0 Å². The Morgan fingerprint density at radius 2 is 1.80 bits per heavy atom. The monoisotopic (exact) mass is 487 g/mol. The first-order chi connectivity index (χ1) is 16.3. The van der Waals surface area contributed by atoms with Crippen LogP contribution in [0, 0.1) is 11.8 Å². The van der Waals surface area contributed by atoms with Gasteiger partial charge in [-0.2, -0.15) is 0 Å². The predicted molar refractivity (Wildman–Crippen MR) is 140 cm³/mol. The molecule has 0 aliphatic carbocycles. The summed E-state index contributed by atoms with van der Waals surface area (Å²) in [5.74, 6) is 0.321. The second-order valence-electron chi connectivity index (χ2n) is 10.7. The summed E-state index contributed by atoms with van der Waals surface area (Å²) >= 11 is 0. The molecule has 1 aromatic carbocycles. The van der Waals surface area contributed by atoms with E-state index in [1.54, 1.807) is 22.8 Å². The number of rotatable bonds is 10. The first kappa shape index (κ1) is 28.2. The van der Waals surface area contributed by atoms with E-state index in [0.717, 1.165) is 12.8 Å². The maximum atomic E-state index is 13.7. The summed E-state index contributed by atoms with van der Waals surface area (Å²) in [7, 11) is 0. The number of carboxylic acid groups (broad SMARTS) is 1. The molecule has 0 saturated heterocycles. The van der Waals surface area contributed by atoms with Crippen molar-refractivity contribution in [1.82, 2.24) is 9.47 Å². The Morgan fingerprint density at radius 3 is 2.31 bits per heavy atom. The zero-order valence-electron chi connectivity index (χ0n) is 22.4. The molecule has 2 rings (SSSR count). The van der Waals surface area contributed by atoms with Crippen molar-refractivity contribution in [2.24, 2.45) is 11.8 Å². The van der Waals surface area contributed by atoms with Gasteiger partial charge in [-0.25, -0.2) is 4.79 Å². The number of hydrogen-bond donors (Lipinski definition) is 2. The molecule has 194 valence electrons. The number of unbranched alkanes of at least 4 members (excludes halogenated alkanes) is 1. The highest BCUT2D eigenvalue weighted by Gasteiger charge is 2.30. The minimum Gasteiger partial charge on any atom is -0.491 e. The van der Waals surface area contributed by atoms with Crippen molar-refractivity contribution in [2.75, 3.05) is 11.9 Å². The number of amides is 2. The largest absolute Gasteiger partial charge is 0.491 e. The van der Waals surface area contributed by atoms with Crippen LogP contribution in [0.1, 0.15) is 73.9 Å². The van der Waals surface area contributed by atoms with Crippen LogP contribution in [0.2, 0.25) is 0 Å². The molecule has 8 nitrogen and oxygen atoms in total. The molecular formula is C27H41N3O5. The minimum absolute atomic E-state index is 0.000766. The van der Waals surface area contributed by atoms with Crippen molar-refractivity contribution in [3.63, 3.8) is 0 Å². The van der Waals surface area contributed by atoms with Gasteiger partial charge in [0.1, 0.15) is 5.75 Å². The molecule has 0 saturated carbocycles. The van der Waals surface area contributed by atoms with Gasteiger partial charge in [-0.05, 0) is 51.3 Å². The molecule has 0 unspecified atom stereocenters. The highest BCUT2D eigenvalue weighted by Crippen LogP contribution is 2.33. The smallest absolute Gasteiger partial charge is 0.408 e. The molecule has 1 aromatic heterocycles. The zero-order chi connectivity index (χ0) is 26.5. The molecule has 35 heavy (non-hydrogen) atoms. The van der Waals surface area contributed by atoms with Gasteiger partial charge in [0.15, 0.2) is 0 Å². The molecule has 8 heteroatoms. The molecule has 0 fully saturated rings. The fourth-order valence-corrected chi connectivity index (χ4v) is 3.77. The van der Waals surface area contributed by atoms with Crippen LogP contribution in [0.4, 0.5) is 10.5 Å². The minimum atomic E-state index is -1.07. The molecule has 0 bridgehead atoms. The molecule has 0 aliphatic rings. The van der Waals surface area contributed by atoms with Crippen molar-refractivity contribution < 1.29 is 19.4 Å². The Labute approximate surface area is 208 Å². The lowest BCUT2D eigenvalue weighted by molar-refractivity contribution is -0.118. The van der Waals surface area contributed by atoms with Crippen molar-refractivity contribution in [3.8, 4) is 5.75 Å². The lowest BCUT2D eigenvalue weighted by Crippen LogP contribution is -2.45. The van der Waals surface area contributed by atoms with Gasteiger partial charge >= 0.3 is 6.09 Å². The molecule has 0 atom stereocenters. The van der Waals surface area contributed by atoms with E-state index in [-0.39, 0.29) is 29.8 Å². The van der Waals surface area contributed by atoms with Crippen molar-refractivity contribution >= 4 is 28.5 Å². The number of pyridine rings is 1. The number of fused-ring (bicyclic) bond motifs is 1. The summed E-state index contributed by atoms with van der Waals surface area (Å²) in [6, 6.07) is 5.18. The maximum absolute atomic E-state index is 13.7. The molecular weight excluding hydrogens is 446 g/mol. The Kier molecular flexibility index (Phi) is 9.35. The molecule has 2 aromatic rings. The predicted octanol–water partition coefficient (Wildman–Crippen LogP) is 5.71. The van der Waals surface area contributed by atoms with E-state index in [2.05, 4.69) is 12.2 Å². The van der Waals surface area contributed by atoms with Crippen LogP contribution < -0.4 is 15.6 Å². The van der Waals surface area contributed by atoms with Crippen LogP contribution in [0.3, 0.4) is 0 Å². The Hall–Kier alpha value is -3.03. The Bertz CT molecular complexity index is 1110. The second-order valence-corrected chi connectivity index (χ2v) is 10.7. The van der Waals surface area contributed by atoms with Crippen LogP contribution in [0.5, 0.6) is 5.75 Å². The van der Waals surface area contributed by atoms with Gasteiger partial charge in [0.05, 0.1) is 24.2 Å². The number of hydrogen-bond acceptors (Lipinski definition) is 4. The van der Waals surface area contributed by atoms with Crippen molar-refractivity contribution in [2.45, 2.75) is 86.9 Å². The average Bonchev–Trinajstić information content (AvgIpc) is 2.74. The van der Waals surface area contributed by atoms with Crippen LogP contribution in [0.25, 0.3) is 10.8 Å². The van der Waals surface area contributed by atoms with Gasteiger partial charge in [0.25, 0.3) is 5.56 Å². The number of aromatic nitrogens is 1. The highest BCUT2D eigenvalue weighted by molar-refractivity contribution is 5.97. The number of nitrogens with one attached hydrogen (secondary N) is 1. The van der Waals surface area contributed by atoms with Gasteiger partial charge in [-0.3, -0.25) is 14.5 Å². The first-order valence-corrected chi connectivity index (χ1v) is 12.4. The molecule has 2 N–H and O–H groups in total. The number of carbonyl (C=O) groups excluding carboxylic acids is 1. The second kappa shape index (κ2) is 11.6. The SMILES string of the molecule is CCCCOc1c(CN(C(=O)O)C(C)(C)C)n(CC(C)C)c(=O)c2ccc(NC(=O)C(C)C)cc12. The van der Waals surface area contributed by atoms with Gasteiger partial charge in [0.2, 0.25) is 5.91 Å². The van der Waals surface area contributed by atoms with E-state index >= 15 is 0 Å². The average molecular weight is 488 g/mol. The van der Waals surface area contributed by atoms with Crippen LogP contribution >= 0.6 is 0 Å². The van der Waals surface area contributed by atoms with E-state index in [1.807, 2.05) is 48.5 Å². The third-order valence-corrected chi connectivity index (χ3v) is 5.76. The van der Waals surface area contributed by atoms with E-state index in [0.29, 0.717) is 41.1 Å². The Morgan fingerprint density at radius 1 is 1.14 bits per heavy atom. The van der Waals surface area contributed by atoms with E-state index in [1.165, 1.54) is 4.90 Å². The zero-order valence-corrected chi connectivity index (χ0v) is 22.4. The van der Waals surface area contributed by atoms with Gasteiger partial charge in [-0.15, -0.1) is 0 Å². The summed E-state index contributed by atoms with van der Waals surface area (Å²) in [6.45, 7) is 16.0. The van der Waals surface area contributed by atoms with E-state index in [9.17, 15) is 19.5 Å². The lowest BCUT2D eigenvalue weighted by Gasteiger charge is -2.34. The standard InChI is InChI=1S/C27H41N3O5/c1-9-10-13-35-23-21-14-19(28-24(31)18(4)5)11-12-20(21)25(32)29(15-17(2)3)22(23)16-30(26(33)34)27(6,7)8/h11-12,14,17-18H,9-10,13,15-16H2,1-8H3,(H,28,31)(H,33,34). The van der Waals surface area contributed by atoms with Crippen molar-refractivity contribution in [3.05, 3.63) is 34.2 Å². The normalized spacial score (nSPS) is 11.8. The van der Waals surface area contributed by atoms with Gasteiger partial charge < -0.3 is 19.7 Å². The molecule has 0 aliphatic heterocycles. The quantitative estimate of drug-likeness (QED) is 0.418. The van der Waals surface area contributed by atoms with E-state index in [4.69, 9.17) is 4.74 Å². The summed E-state index contributed by atoms with van der Waals surface area (Å²) in [5, 5.41) is 13.9. The summed E-state index contributed by atoms with van der Waals surface area (Å²) in [5.41, 5.74) is 0.201.